The second kappa shape index (κ2) is 5.68. The highest BCUT2D eigenvalue weighted by Crippen LogP contribution is 2.32. The Kier molecular flexibility index (Phi) is 3.73. The first-order valence-electron chi connectivity index (χ1n) is 7.52. The quantitative estimate of drug-likeness (QED) is 0.905. The minimum atomic E-state index is 0.251. The predicted octanol–water partition coefficient (Wildman–Crippen LogP) is 2.81. The van der Waals surface area contributed by atoms with Crippen molar-refractivity contribution in [3.63, 3.8) is 0 Å². The highest BCUT2D eigenvalue weighted by atomic mass is 15.2. The van der Waals surface area contributed by atoms with E-state index in [1.165, 1.54) is 23.1 Å². The van der Waals surface area contributed by atoms with Gasteiger partial charge in [-0.05, 0) is 37.3 Å². The van der Waals surface area contributed by atoms with Crippen LogP contribution in [-0.2, 0) is 12.8 Å². The lowest BCUT2D eigenvalue weighted by Gasteiger charge is -2.26. The van der Waals surface area contributed by atoms with E-state index in [2.05, 4.69) is 45.4 Å². The molecule has 110 valence electrons. The molecule has 0 aliphatic heterocycles. The maximum atomic E-state index is 5.75. The van der Waals surface area contributed by atoms with Crippen molar-refractivity contribution in [1.29, 1.82) is 0 Å². The number of anilines is 2. The van der Waals surface area contributed by atoms with E-state index in [4.69, 9.17) is 5.73 Å². The molecule has 1 aromatic carbocycles. The standard InChI is InChI=1S/C16H21N5/c1-3-14-19-15(17)21-16(20-14)18-13-6-4-5-11-9-10(2)7-8-12(11)13/h7-9,13H,3-6H2,1-2H3,(H3,17,18,19,20,21)/t13-/m1/s1. The Balaban J connectivity index is 1.88. The zero-order valence-electron chi connectivity index (χ0n) is 12.6. The van der Waals surface area contributed by atoms with Gasteiger partial charge in [0.05, 0.1) is 6.04 Å². The summed E-state index contributed by atoms with van der Waals surface area (Å²) < 4.78 is 0. The smallest absolute Gasteiger partial charge is 0.228 e. The molecule has 0 fully saturated rings. The van der Waals surface area contributed by atoms with Gasteiger partial charge in [-0.2, -0.15) is 15.0 Å². The molecule has 0 radical (unpaired) electrons. The van der Waals surface area contributed by atoms with E-state index in [9.17, 15) is 0 Å². The van der Waals surface area contributed by atoms with Gasteiger partial charge in [-0.25, -0.2) is 0 Å². The predicted molar refractivity (Wildman–Crippen MR) is 84.1 cm³/mol. The lowest BCUT2D eigenvalue weighted by Crippen LogP contribution is -2.19. The molecule has 5 heteroatoms. The molecule has 1 aliphatic rings. The summed E-state index contributed by atoms with van der Waals surface area (Å²) in [6.45, 7) is 4.15. The number of nitrogens with two attached hydrogens (primary N) is 1. The van der Waals surface area contributed by atoms with Crippen LogP contribution in [0.4, 0.5) is 11.9 Å². The molecule has 1 atom stereocenters. The summed E-state index contributed by atoms with van der Waals surface area (Å²) in [4.78, 5) is 12.8. The fourth-order valence-electron chi connectivity index (χ4n) is 2.91. The van der Waals surface area contributed by atoms with Gasteiger partial charge < -0.3 is 11.1 Å². The highest BCUT2D eigenvalue weighted by Gasteiger charge is 2.21. The fourth-order valence-corrected chi connectivity index (χ4v) is 2.91. The van der Waals surface area contributed by atoms with Crippen LogP contribution in [-0.4, -0.2) is 15.0 Å². The van der Waals surface area contributed by atoms with E-state index in [1.807, 2.05) is 6.92 Å². The van der Waals surface area contributed by atoms with Crippen LogP contribution in [0.25, 0.3) is 0 Å². The van der Waals surface area contributed by atoms with Gasteiger partial charge in [-0.3, -0.25) is 0 Å². The molecule has 0 saturated heterocycles. The van der Waals surface area contributed by atoms with Crippen molar-refractivity contribution in [1.82, 2.24) is 15.0 Å². The van der Waals surface area contributed by atoms with Crippen LogP contribution in [0.1, 0.15) is 48.3 Å². The van der Waals surface area contributed by atoms with Crippen LogP contribution >= 0.6 is 0 Å². The summed E-state index contributed by atoms with van der Waals surface area (Å²) >= 11 is 0. The average molecular weight is 283 g/mol. The van der Waals surface area contributed by atoms with Crippen LogP contribution in [0.3, 0.4) is 0 Å². The number of aromatic nitrogens is 3. The van der Waals surface area contributed by atoms with Crippen molar-refractivity contribution in [3.05, 3.63) is 40.7 Å². The van der Waals surface area contributed by atoms with Crippen molar-refractivity contribution >= 4 is 11.9 Å². The lowest BCUT2D eigenvalue weighted by molar-refractivity contribution is 0.595. The first-order valence-corrected chi connectivity index (χ1v) is 7.52. The third kappa shape index (κ3) is 2.96. The van der Waals surface area contributed by atoms with E-state index in [1.54, 1.807) is 0 Å². The molecule has 0 saturated carbocycles. The van der Waals surface area contributed by atoms with Crippen LogP contribution < -0.4 is 11.1 Å². The van der Waals surface area contributed by atoms with Gasteiger partial charge in [0, 0.05) is 6.42 Å². The molecule has 1 aliphatic carbocycles. The fraction of sp³-hybridized carbons (Fsp3) is 0.438. The molecule has 0 bridgehead atoms. The van der Waals surface area contributed by atoms with E-state index in [0.29, 0.717) is 5.95 Å². The average Bonchev–Trinajstić information content (AvgIpc) is 2.46. The summed E-state index contributed by atoms with van der Waals surface area (Å²) in [6, 6.07) is 6.91. The first-order chi connectivity index (χ1) is 10.2. The molecule has 1 aromatic heterocycles. The number of nitrogens with zero attached hydrogens (tertiary/aromatic N) is 3. The van der Waals surface area contributed by atoms with Gasteiger partial charge in [0.15, 0.2) is 0 Å². The van der Waals surface area contributed by atoms with Crippen molar-refractivity contribution in [2.75, 3.05) is 11.1 Å². The zero-order chi connectivity index (χ0) is 14.8. The minimum absolute atomic E-state index is 0.251. The van der Waals surface area contributed by atoms with Gasteiger partial charge >= 0.3 is 0 Å². The van der Waals surface area contributed by atoms with Crippen molar-refractivity contribution in [2.24, 2.45) is 0 Å². The van der Waals surface area contributed by atoms with Gasteiger partial charge in [0.1, 0.15) is 5.82 Å². The number of nitrogens with one attached hydrogen (secondary N) is 1. The van der Waals surface area contributed by atoms with Crippen molar-refractivity contribution in [2.45, 2.75) is 45.6 Å². The Morgan fingerprint density at radius 1 is 1.29 bits per heavy atom. The van der Waals surface area contributed by atoms with E-state index in [-0.39, 0.29) is 12.0 Å². The summed E-state index contributed by atoms with van der Waals surface area (Å²) in [5.41, 5.74) is 9.84. The normalized spacial score (nSPS) is 17.3. The van der Waals surface area contributed by atoms with E-state index in [0.717, 1.165) is 25.1 Å². The maximum absolute atomic E-state index is 5.75. The largest absolute Gasteiger partial charge is 0.368 e. The van der Waals surface area contributed by atoms with Gasteiger partial charge in [-0.15, -0.1) is 0 Å². The second-order valence-electron chi connectivity index (χ2n) is 5.58. The Morgan fingerprint density at radius 2 is 2.14 bits per heavy atom. The van der Waals surface area contributed by atoms with Crippen LogP contribution in [0.15, 0.2) is 18.2 Å². The monoisotopic (exact) mass is 283 g/mol. The van der Waals surface area contributed by atoms with Crippen LogP contribution in [0.5, 0.6) is 0 Å². The third-order valence-corrected chi connectivity index (χ3v) is 3.93. The van der Waals surface area contributed by atoms with Gasteiger partial charge in [0.25, 0.3) is 0 Å². The Labute approximate surface area is 125 Å². The summed E-state index contributed by atoms with van der Waals surface area (Å²) in [5.74, 6) is 1.59. The maximum Gasteiger partial charge on any atom is 0.228 e. The van der Waals surface area contributed by atoms with Crippen LogP contribution in [0, 0.1) is 6.92 Å². The number of hydrogen-bond acceptors (Lipinski definition) is 5. The molecule has 3 rings (SSSR count). The molecule has 0 unspecified atom stereocenters. The first kappa shape index (κ1) is 13.8. The Morgan fingerprint density at radius 3 is 2.95 bits per heavy atom. The number of fused-ring (bicyclic) bond motifs is 1. The molecule has 0 spiro atoms. The van der Waals surface area contributed by atoms with Gasteiger partial charge in [-0.1, -0.05) is 30.7 Å². The zero-order valence-corrected chi connectivity index (χ0v) is 12.6. The summed E-state index contributed by atoms with van der Waals surface area (Å²) in [5, 5.41) is 3.43. The number of hydrogen-bond donors (Lipinski definition) is 2. The summed E-state index contributed by atoms with van der Waals surface area (Å²) in [7, 11) is 0. The number of benzene rings is 1. The molecule has 1 heterocycles. The molecular formula is C16H21N5. The van der Waals surface area contributed by atoms with Gasteiger partial charge in [0.2, 0.25) is 11.9 Å². The highest BCUT2D eigenvalue weighted by molar-refractivity contribution is 5.41. The lowest BCUT2D eigenvalue weighted by atomic mass is 9.87. The summed E-state index contributed by atoms with van der Waals surface area (Å²) in [6.07, 6.45) is 4.16. The van der Waals surface area contributed by atoms with Crippen LogP contribution in [0.2, 0.25) is 0 Å². The Bertz CT molecular complexity index is 653. The van der Waals surface area contributed by atoms with Crippen molar-refractivity contribution < 1.29 is 0 Å². The third-order valence-electron chi connectivity index (χ3n) is 3.93. The molecule has 0 amide bonds. The molecular weight excluding hydrogens is 262 g/mol. The minimum Gasteiger partial charge on any atom is -0.368 e. The molecule has 3 N–H and O–H groups in total. The number of aryl methyl sites for hydroxylation is 3. The number of rotatable bonds is 3. The Hall–Kier alpha value is -2.17. The molecule has 2 aromatic rings. The van der Waals surface area contributed by atoms with E-state index >= 15 is 0 Å². The SMILES string of the molecule is CCc1nc(N)nc(N[C@@H]2CCCc3cc(C)ccc32)n1. The number of nitrogen functional groups attached to an aromatic ring is 1. The topological polar surface area (TPSA) is 76.7 Å². The second-order valence-corrected chi connectivity index (χ2v) is 5.58. The molecule has 5 nitrogen and oxygen atoms in total. The molecule has 21 heavy (non-hydrogen) atoms. The van der Waals surface area contributed by atoms with Crippen molar-refractivity contribution in [3.8, 4) is 0 Å². The van der Waals surface area contributed by atoms with E-state index < -0.39 is 0 Å².